The Morgan fingerprint density at radius 1 is 1.50 bits per heavy atom. The predicted octanol–water partition coefficient (Wildman–Crippen LogP) is 2.61. The van der Waals surface area contributed by atoms with E-state index in [9.17, 15) is 4.79 Å². The van der Waals surface area contributed by atoms with Crippen LogP contribution in [0, 0.1) is 0 Å². The molecule has 1 aromatic carbocycles. The van der Waals surface area contributed by atoms with Gasteiger partial charge in [-0.2, -0.15) is 0 Å². The zero-order chi connectivity index (χ0) is 13.8. The second-order valence-corrected chi connectivity index (χ2v) is 5.17. The highest BCUT2D eigenvalue weighted by molar-refractivity contribution is 6.32. The van der Waals surface area contributed by atoms with Crippen LogP contribution in [0.4, 0.5) is 5.69 Å². The number of nitrogens with two attached hydrogens (primary N) is 1. The van der Waals surface area contributed by atoms with Gasteiger partial charge in [0.25, 0.3) is 5.91 Å². The summed E-state index contributed by atoms with van der Waals surface area (Å²) in [5, 5.41) is 3.28. The molecule has 1 aromatic rings. The normalized spacial score (nSPS) is 11.1. The minimum atomic E-state index is -0.231. The summed E-state index contributed by atoms with van der Waals surface area (Å²) in [6, 6.07) is 4.91. The average molecular weight is 271 g/mol. The number of rotatable bonds is 5. The number of benzene rings is 1. The van der Waals surface area contributed by atoms with Crippen LogP contribution in [0.5, 0.6) is 5.75 Å². The van der Waals surface area contributed by atoms with Crippen LogP contribution in [0.1, 0.15) is 27.2 Å². The topological polar surface area (TPSA) is 64.3 Å². The number of carbonyl (C=O) groups excluding carboxylic acids is 1. The van der Waals surface area contributed by atoms with Crippen molar-refractivity contribution in [1.29, 1.82) is 0 Å². The van der Waals surface area contributed by atoms with Crippen molar-refractivity contribution in [2.75, 3.05) is 12.3 Å². The van der Waals surface area contributed by atoms with Gasteiger partial charge in [0.1, 0.15) is 5.75 Å². The maximum Gasteiger partial charge on any atom is 0.258 e. The molecule has 5 heteroatoms. The van der Waals surface area contributed by atoms with Crippen LogP contribution in [0.2, 0.25) is 5.02 Å². The van der Waals surface area contributed by atoms with E-state index in [2.05, 4.69) is 5.32 Å². The van der Waals surface area contributed by atoms with E-state index in [4.69, 9.17) is 22.1 Å². The molecule has 18 heavy (non-hydrogen) atoms. The number of carbonyl (C=O) groups is 1. The number of amides is 1. The molecule has 100 valence electrons. The molecule has 1 rings (SSSR count). The van der Waals surface area contributed by atoms with E-state index < -0.39 is 0 Å². The molecule has 0 aromatic heterocycles. The van der Waals surface area contributed by atoms with Gasteiger partial charge < -0.3 is 15.8 Å². The van der Waals surface area contributed by atoms with Gasteiger partial charge in [-0.15, -0.1) is 0 Å². The van der Waals surface area contributed by atoms with Gasteiger partial charge >= 0.3 is 0 Å². The van der Waals surface area contributed by atoms with E-state index in [1.54, 1.807) is 18.2 Å². The summed E-state index contributed by atoms with van der Waals surface area (Å²) in [4.78, 5) is 11.7. The van der Waals surface area contributed by atoms with Crippen LogP contribution in [0.15, 0.2) is 18.2 Å². The Bertz CT molecular complexity index is 433. The van der Waals surface area contributed by atoms with E-state index >= 15 is 0 Å². The molecule has 0 bridgehead atoms. The quantitative estimate of drug-likeness (QED) is 0.809. The lowest BCUT2D eigenvalue weighted by Crippen LogP contribution is -2.44. The van der Waals surface area contributed by atoms with E-state index in [0.29, 0.717) is 16.5 Å². The molecule has 0 spiro atoms. The van der Waals surface area contributed by atoms with Crippen LogP contribution >= 0.6 is 11.6 Å². The van der Waals surface area contributed by atoms with Gasteiger partial charge in [-0.1, -0.05) is 18.5 Å². The molecule has 0 aliphatic carbocycles. The van der Waals surface area contributed by atoms with E-state index in [1.807, 2.05) is 20.8 Å². The summed E-state index contributed by atoms with van der Waals surface area (Å²) in [6.45, 7) is 5.87. The fourth-order valence-electron chi connectivity index (χ4n) is 1.28. The molecule has 0 aliphatic rings. The fraction of sp³-hybridized carbons (Fsp3) is 0.462. The summed E-state index contributed by atoms with van der Waals surface area (Å²) in [6.07, 6.45) is 0.849. The van der Waals surface area contributed by atoms with E-state index in [-0.39, 0.29) is 18.1 Å². The standard InChI is InChI=1S/C13H19ClN2O2/c1-4-13(2,3)16-12(17)8-18-11-6-5-9(15)7-10(11)14/h5-7H,4,8,15H2,1-3H3,(H,16,17). The van der Waals surface area contributed by atoms with E-state index in [1.165, 1.54) is 0 Å². The SMILES string of the molecule is CCC(C)(C)NC(=O)COc1ccc(N)cc1Cl. The largest absolute Gasteiger partial charge is 0.482 e. The first kappa shape index (κ1) is 14.6. The maximum atomic E-state index is 11.7. The molecule has 0 atom stereocenters. The van der Waals surface area contributed by atoms with Gasteiger partial charge in [0.2, 0.25) is 0 Å². The molecule has 0 radical (unpaired) electrons. The first-order valence-electron chi connectivity index (χ1n) is 5.83. The average Bonchev–Trinajstić information content (AvgIpc) is 2.27. The van der Waals surface area contributed by atoms with Gasteiger partial charge in [-0.3, -0.25) is 4.79 Å². The molecule has 0 saturated heterocycles. The van der Waals surface area contributed by atoms with Gasteiger partial charge in [-0.25, -0.2) is 0 Å². The third kappa shape index (κ3) is 4.45. The number of ether oxygens (including phenoxy) is 1. The van der Waals surface area contributed by atoms with Crippen molar-refractivity contribution in [2.45, 2.75) is 32.7 Å². The summed E-state index contributed by atoms with van der Waals surface area (Å²) in [5.41, 5.74) is 5.89. The van der Waals surface area contributed by atoms with Crippen molar-refractivity contribution in [3.63, 3.8) is 0 Å². The number of hydrogen-bond donors (Lipinski definition) is 2. The van der Waals surface area contributed by atoms with Gasteiger partial charge in [0.15, 0.2) is 6.61 Å². The van der Waals surface area contributed by atoms with Gasteiger partial charge in [0, 0.05) is 11.2 Å². The lowest BCUT2D eigenvalue weighted by molar-refractivity contribution is -0.124. The van der Waals surface area contributed by atoms with Crippen molar-refractivity contribution < 1.29 is 9.53 Å². The van der Waals surface area contributed by atoms with Crippen molar-refractivity contribution in [2.24, 2.45) is 0 Å². The van der Waals surface area contributed by atoms with E-state index in [0.717, 1.165) is 6.42 Å². The molecule has 0 heterocycles. The van der Waals surface area contributed by atoms with Crippen LogP contribution in [0.25, 0.3) is 0 Å². The lowest BCUT2D eigenvalue weighted by Gasteiger charge is -2.24. The Balaban J connectivity index is 2.53. The van der Waals surface area contributed by atoms with Gasteiger partial charge in [-0.05, 0) is 38.5 Å². The Labute approximate surface area is 112 Å². The highest BCUT2D eigenvalue weighted by Crippen LogP contribution is 2.26. The van der Waals surface area contributed by atoms with Crippen LogP contribution in [-0.4, -0.2) is 18.1 Å². The summed E-state index contributed by atoms with van der Waals surface area (Å²) >= 11 is 5.94. The Morgan fingerprint density at radius 2 is 2.17 bits per heavy atom. The van der Waals surface area contributed by atoms with Crippen molar-refractivity contribution in [3.8, 4) is 5.75 Å². The third-order valence-electron chi connectivity index (χ3n) is 2.68. The van der Waals surface area contributed by atoms with Crippen LogP contribution in [0.3, 0.4) is 0 Å². The van der Waals surface area contributed by atoms with Crippen LogP contribution in [-0.2, 0) is 4.79 Å². The first-order valence-corrected chi connectivity index (χ1v) is 6.20. The third-order valence-corrected chi connectivity index (χ3v) is 2.97. The fourth-order valence-corrected chi connectivity index (χ4v) is 1.52. The molecule has 0 fully saturated rings. The van der Waals surface area contributed by atoms with Crippen molar-refractivity contribution >= 4 is 23.2 Å². The van der Waals surface area contributed by atoms with Crippen molar-refractivity contribution in [3.05, 3.63) is 23.2 Å². The molecule has 0 saturated carbocycles. The number of nitrogens with one attached hydrogen (secondary N) is 1. The molecule has 1 amide bonds. The first-order chi connectivity index (χ1) is 8.34. The number of anilines is 1. The maximum absolute atomic E-state index is 11.7. The number of nitrogen functional groups attached to an aromatic ring is 1. The monoisotopic (exact) mass is 270 g/mol. The van der Waals surface area contributed by atoms with Crippen LogP contribution < -0.4 is 15.8 Å². The summed E-state index contributed by atoms with van der Waals surface area (Å²) in [7, 11) is 0. The molecule has 0 unspecified atom stereocenters. The zero-order valence-corrected chi connectivity index (χ0v) is 11.7. The summed E-state index contributed by atoms with van der Waals surface area (Å²) in [5.74, 6) is 0.282. The number of halogens is 1. The molecule has 4 nitrogen and oxygen atoms in total. The zero-order valence-electron chi connectivity index (χ0n) is 10.9. The van der Waals surface area contributed by atoms with Gasteiger partial charge in [0.05, 0.1) is 5.02 Å². The number of hydrogen-bond acceptors (Lipinski definition) is 3. The highest BCUT2D eigenvalue weighted by Gasteiger charge is 2.18. The minimum absolute atomic E-state index is 0.0624. The molecular weight excluding hydrogens is 252 g/mol. The molecule has 3 N–H and O–H groups in total. The molecule has 0 aliphatic heterocycles. The Morgan fingerprint density at radius 3 is 2.72 bits per heavy atom. The Kier molecular flexibility index (Phi) is 4.84. The lowest BCUT2D eigenvalue weighted by atomic mass is 10.0. The highest BCUT2D eigenvalue weighted by atomic mass is 35.5. The second-order valence-electron chi connectivity index (χ2n) is 4.76. The Hall–Kier alpha value is -1.42. The summed E-state index contributed by atoms with van der Waals surface area (Å²) < 4.78 is 5.34. The smallest absolute Gasteiger partial charge is 0.258 e. The second kappa shape index (κ2) is 5.96. The predicted molar refractivity (Wildman–Crippen MR) is 73.9 cm³/mol. The molecular formula is C13H19ClN2O2. The van der Waals surface area contributed by atoms with Crippen molar-refractivity contribution in [1.82, 2.24) is 5.32 Å². The minimum Gasteiger partial charge on any atom is -0.482 e.